The van der Waals surface area contributed by atoms with Gasteiger partial charge in [0.05, 0.1) is 6.07 Å². The highest BCUT2D eigenvalue weighted by Crippen LogP contribution is 2.17. The van der Waals surface area contributed by atoms with Crippen LogP contribution in [0.3, 0.4) is 0 Å². The van der Waals surface area contributed by atoms with Gasteiger partial charge in [0.1, 0.15) is 10.7 Å². The SMILES string of the molecule is Cc1ccc(C(=O)[C@@H](C)OC(=O)/C=C/c2ccc([N+](=O)[O-])o2)cc1C. The van der Waals surface area contributed by atoms with E-state index in [0.29, 0.717) is 5.56 Å². The number of furan rings is 1. The number of carbonyl (C=O) groups excluding carboxylic acids is 2. The van der Waals surface area contributed by atoms with Crippen molar-refractivity contribution in [2.45, 2.75) is 26.9 Å². The molecule has 0 saturated heterocycles. The molecule has 0 fully saturated rings. The van der Waals surface area contributed by atoms with Gasteiger partial charge in [-0.3, -0.25) is 14.9 Å². The zero-order valence-corrected chi connectivity index (χ0v) is 14.0. The largest absolute Gasteiger partial charge is 0.451 e. The Morgan fingerprint density at radius 1 is 1.20 bits per heavy atom. The third-order valence-corrected chi connectivity index (χ3v) is 3.63. The molecule has 0 aliphatic carbocycles. The van der Waals surface area contributed by atoms with Crippen molar-refractivity contribution in [2.75, 3.05) is 0 Å². The zero-order chi connectivity index (χ0) is 18.6. The maximum Gasteiger partial charge on any atom is 0.433 e. The van der Waals surface area contributed by atoms with E-state index in [1.165, 1.54) is 25.1 Å². The summed E-state index contributed by atoms with van der Waals surface area (Å²) in [5.41, 5.74) is 2.51. The first kappa shape index (κ1) is 18.1. The Hall–Kier alpha value is -3.22. The van der Waals surface area contributed by atoms with Gasteiger partial charge in [0.15, 0.2) is 6.10 Å². The second kappa shape index (κ2) is 7.57. The molecule has 2 rings (SSSR count). The first-order valence-corrected chi connectivity index (χ1v) is 7.52. The molecule has 7 heteroatoms. The average molecular weight is 343 g/mol. The molecule has 130 valence electrons. The molecule has 7 nitrogen and oxygen atoms in total. The van der Waals surface area contributed by atoms with E-state index >= 15 is 0 Å². The van der Waals surface area contributed by atoms with Gasteiger partial charge < -0.3 is 9.15 Å². The second-order valence-electron chi connectivity index (χ2n) is 5.51. The lowest BCUT2D eigenvalue weighted by Gasteiger charge is -2.11. The molecule has 0 bridgehead atoms. The molecule has 0 aliphatic heterocycles. The van der Waals surface area contributed by atoms with Crippen LogP contribution in [0.2, 0.25) is 0 Å². The monoisotopic (exact) mass is 343 g/mol. The van der Waals surface area contributed by atoms with Gasteiger partial charge in [-0.25, -0.2) is 4.79 Å². The fourth-order valence-corrected chi connectivity index (χ4v) is 2.08. The molecule has 0 aliphatic rings. The van der Waals surface area contributed by atoms with Crippen molar-refractivity contribution in [3.8, 4) is 0 Å². The van der Waals surface area contributed by atoms with Crippen LogP contribution in [0.4, 0.5) is 5.88 Å². The van der Waals surface area contributed by atoms with E-state index in [0.717, 1.165) is 17.2 Å². The Balaban J connectivity index is 1.98. The van der Waals surface area contributed by atoms with Crippen LogP contribution in [0, 0.1) is 24.0 Å². The smallest absolute Gasteiger partial charge is 0.433 e. The van der Waals surface area contributed by atoms with E-state index in [4.69, 9.17) is 9.15 Å². The van der Waals surface area contributed by atoms with Crippen molar-refractivity contribution >= 4 is 23.7 Å². The number of benzene rings is 1. The Labute approximate surface area is 144 Å². The number of ether oxygens (including phenoxy) is 1. The van der Waals surface area contributed by atoms with E-state index in [2.05, 4.69) is 0 Å². The van der Waals surface area contributed by atoms with Crippen LogP contribution in [0.15, 0.2) is 40.8 Å². The summed E-state index contributed by atoms with van der Waals surface area (Å²) in [5, 5.41) is 10.5. The summed E-state index contributed by atoms with van der Waals surface area (Å²) in [6, 6.07) is 7.80. The number of esters is 1. The first-order valence-electron chi connectivity index (χ1n) is 7.52. The van der Waals surface area contributed by atoms with E-state index < -0.39 is 22.9 Å². The van der Waals surface area contributed by atoms with Gasteiger partial charge in [-0.2, -0.15) is 0 Å². The molecule has 0 saturated carbocycles. The summed E-state index contributed by atoms with van der Waals surface area (Å²) >= 11 is 0. The molecule has 0 radical (unpaired) electrons. The lowest BCUT2D eigenvalue weighted by atomic mass is 10.0. The number of rotatable bonds is 6. The van der Waals surface area contributed by atoms with Gasteiger partial charge >= 0.3 is 11.9 Å². The van der Waals surface area contributed by atoms with E-state index in [-0.39, 0.29) is 11.5 Å². The lowest BCUT2D eigenvalue weighted by Crippen LogP contribution is -2.23. The molecule has 1 heterocycles. The third kappa shape index (κ3) is 4.63. The fourth-order valence-electron chi connectivity index (χ4n) is 2.08. The van der Waals surface area contributed by atoms with Crippen molar-refractivity contribution in [1.29, 1.82) is 0 Å². The highest BCUT2D eigenvalue weighted by Gasteiger charge is 2.19. The minimum Gasteiger partial charge on any atom is -0.451 e. The minimum atomic E-state index is -0.954. The number of nitro groups is 1. The van der Waals surface area contributed by atoms with E-state index in [1.807, 2.05) is 19.9 Å². The second-order valence-corrected chi connectivity index (χ2v) is 5.51. The van der Waals surface area contributed by atoms with Gasteiger partial charge in [-0.1, -0.05) is 12.1 Å². The van der Waals surface area contributed by atoms with Crippen molar-refractivity contribution in [3.05, 3.63) is 69.0 Å². The highest BCUT2D eigenvalue weighted by atomic mass is 16.6. The topological polar surface area (TPSA) is 99.7 Å². The number of ketones is 1. The number of hydrogen-bond acceptors (Lipinski definition) is 6. The Morgan fingerprint density at radius 2 is 1.92 bits per heavy atom. The van der Waals surface area contributed by atoms with Crippen molar-refractivity contribution < 1.29 is 23.7 Å². The van der Waals surface area contributed by atoms with Crippen LogP contribution in [0.1, 0.15) is 34.2 Å². The highest BCUT2D eigenvalue weighted by molar-refractivity contribution is 6.01. The molecule has 0 amide bonds. The van der Waals surface area contributed by atoms with E-state index in [1.54, 1.807) is 12.1 Å². The Morgan fingerprint density at radius 3 is 2.52 bits per heavy atom. The van der Waals surface area contributed by atoms with E-state index in [9.17, 15) is 19.7 Å². The zero-order valence-electron chi connectivity index (χ0n) is 14.0. The van der Waals surface area contributed by atoms with Crippen molar-refractivity contribution in [1.82, 2.24) is 0 Å². The predicted molar refractivity (Wildman–Crippen MR) is 90.2 cm³/mol. The summed E-state index contributed by atoms with van der Waals surface area (Å²) in [6.45, 7) is 5.33. The van der Waals surface area contributed by atoms with Crippen LogP contribution < -0.4 is 0 Å². The summed E-state index contributed by atoms with van der Waals surface area (Å²) in [5.74, 6) is -1.34. The molecular weight excluding hydrogens is 326 g/mol. The van der Waals surface area contributed by atoms with Gasteiger partial charge in [0.25, 0.3) is 0 Å². The summed E-state index contributed by atoms with van der Waals surface area (Å²) in [6.07, 6.45) is 1.33. The van der Waals surface area contributed by atoms with Gasteiger partial charge in [0.2, 0.25) is 5.78 Å². The number of nitrogens with zero attached hydrogens (tertiary/aromatic N) is 1. The number of aryl methyl sites for hydroxylation is 2. The van der Waals surface area contributed by atoms with Crippen LogP contribution in [0.25, 0.3) is 6.08 Å². The molecule has 1 atom stereocenters. The Kier molecular flexibility index (Phi) is 5.49. The summed E-state index contributed by atoms with van der Waals surface area (Å²) in [7, 11) is 0. The standard InChI is InChI=1S/C18H17NO6/c1-11-4-5-14(10-12(11)2)18(21)13(3)24-17(20)9-7-15-6-8-16(25-15)19(22)23/h4-10,13H,1-3H3/b9-7+/t13-/m1/s1. The summed E-state index contributed by atoms with van der Waals surface area (Å²) < 4.78 is 9.94. The lowest BCUT2D eigenvalue weighted by molar-refractivity contribution is -0.402. The fraction of sp³-hybridized carbons (Fsp3) is 0.222. The molecule has 1 aromatic carbocycles. The van der Waals surface area contributed by atoms with Gasteiger partial charge in [-0.15, -0.1) is 0 Å². The van der Waals surface area contributed by atoms with Gasteiger partial charge in [-0.05, 0) is 50.1 Å². The molecular formula is C18H17NO6. The van der Waals surface area contributed by atoms with Crippen LogP contribution in [-0.2, 0) is 9.53 Å². The number of hydrogen-bond donors (Lipinski definition) is 0. The molecule has 0 unspecified atom stereocenters. The molecule has 25 heavy (non-hydrogen) atoms. The predicted octanol–water partition coefficient (Wildman–Crippen LogP) is 3.63. The third-order valence-electron chi connectivity index (χ3n) is 3.63. The maximum absolute atomic E-state index is 12.3. The van der Waals surface area contributed by atoms with Crippen molar-refractivity contribution in [2.24, 2.45) is 0 Å². The average Bonchev–Trinajstić information content (AvgIpc) is 3.04. The molecule has 2 aromatic rings. The molecule has 0 spiro atoms. The van der Waals surface area contributed by atoms with Crippen LogP contribution in [0.5, 0.6) is 0 Å². The number of Topliss-reactive ketones (excluding diaryl/α,β-unsaturated/α-hetero) is 1. The molecule has 0 N–H and O–H groups in total. The number of carbonyl (C=O) groups is 2. The van der Waals surface area contributed by atoms with Crippen molar-refractivity contribution in [3.63, 3.8) is 0 Å². The molecule has 1 aromatic heterocycles. The first-order chi connectivity index (χ1) is 11.8. The Bertz CT molecular complexity index is 849. The quantitative estimate of drug-likeness (QED) is 0.261. The minimum absolute atomic E-state index is 0.136. The van der Waals surface area contributed by atoms with Crippen LogP contribution in [-0.4, -0.2) is 22.8 Å². The van der Waals surface area contributed by atoms with Gasteiger partial charge in [0, 0.05) is 11.6 Å². The van der Waals surface area contributed by atoms with Crippen LogP contribution >= 0.6 is 0 Å². The normalized spacial score (nSPS) is 12.1. The summed E-state index contributed by atoms with van der Waals surface area (Å²) in [4.78, 5) is 33.9. The maximum atomic E-state index is 12.3.